The number of carboxylic acids is 1. The Morgan fingerprint density at radius 2 is 1.80 bits per heavy atom. The van der Waals surface area contributed by atoms with E-state index in [1.807, 2.05) is 14.1 Å². The van der Waals surface area contributed by atoms with Crippen LogP contribution < -0.4 is 10.6 Å². The van der Waals surface area contributed by atoms with Gasteiger partial charge in [0.1, 0.15) is 6.04 Å². The van der Waals surface area contributed by atoms with Crippen molar-refractivity contribution in [2.24, 2.45) is 5.92 Å². The number of nitrogens with one attached hydrogen (secondary N) is 2. The van der Waals surface area contributed by atoms with Gasteiger partial charge in [-0.1, -0.05) is 26.7 Å². The summed E-state index contributed by atoms with van der Waals surface area (Å²) in [6.07, 6.45) is 4.47. The fraction of sp³-hybridized carbons (Fsp3) is 0.857. The van der Waals surface area contributed by atoms with Crippen molar-refractivity contribution in [2.45, 2.75) is 51.1 Å². The van der Waals surface area contributed by atoms with Crippen molar-refractivity contribution < 1.29 is 14.7 Å². The molecule has 0 radical (unpaired) electrons. The van der Waals surface area contributed by atoms with Gasteiger partial charge in [-0.25, -0.2) is 9.59 Å². The van der Waals surface area contributed by atoms with Crippen LogP contribution in [0.4, 0.5) is 4.79 Å². The second kappa shape index (κ2) is 6.92. The molecule has 1 aliphatic carbocycles. The van der Waals surface area contributed by atoms with Crippen molar-refractivity contribution in [3.05, 3.63) is 0 Å². The predicted molar refractivity (Wildman–Crippen MR) is 77.7 cm³/mol. The number of rotatable bonds is 6. The highest BCUT2D eigenvalue weighted by Crippen LogP contribution is 2.32. The highest BCUT2D eigenvalue weighted by atomic mass is 16.4. The SMILES string of the molecule is CC(C)C(NC(=O)NCC1(N(C)C)CCCC1)C(=O)O. The van der Waals surface area contributed by atoms with E-state index in [-0.39, 0.29) is 11.5 Å². The van der Waals surface area contributed by atoms with Gasteiger partial charge in [-0.3, -0.25) is 0 Å². The molecule has 20 heavy (non-hydrogen) atoms. The molecule has 2 amide bonds. The number of amides is 2. The third-order valence-electron chi connectivity index (χ3n) is 4.28. The Morgan fingerprint density at radius 3 is 2.20 bits per heavy atom. The maximum atomic E-state index is 11.9. The van der Waals surface area contributed by atoms with Gasteiger partial charge in [0, 0.05) is 12.1 Å². The van der Waals surface area contributed by atoms with E-state index in [1.165, 1.54) is 12.8 Å². The maximum absolute atomic E-state index is 11.9. The van der Waals surface area contributed by atoms with Crippen molar-refractivity contribution >= 4 is 12.0 Å². The Balaban J connectivity index is 2.52. The van der Waals surface area contributed by atoms with Gasteiger partial charge in [0.25, 0.3) is 0 Å². The number of carbonyl (C=O) groups is 2. The lowest BCUT2D eigenvalue weighted by Gasteiger charge is -2.36. The second-order valence-electron chi connectivity index (χ2n) is 6.21. The highest BCUT2D eigenvalue weighted by Gasteiger charge is 2.36. The number of carbonyl (C=O) groups excluding carboxylic acids is 1. The number of carboxylic acid groups (broad SMARTS) is 1. The Morgan fingerprint density at radius 1 is 1.25 bits per heavy atom. The molecular weight excluding hydrogens is 258 g/mol. The topological polar surface area (TPSA) is 81.7 Å². The minimum atomic E-state index is -1.00. The highest BCUT2D eigenvalue weighted by molar-refractivity contribution is 5.82. The minimum absolute atomic E-state index is 0.00783. The summed E-state index contributed by atoms with van der Waals surface area (Å²) in [5.74, 6) is -1.15. The quantitative estimate of drug-likeness (QED) is 0.686. The molecule has 0 saturated heterocycles. The van der Waals surface area contributed by atoms with E-state index in [4.69, 9.17) is 5.11 Å². The molecule has 1 saturated carbocycles. The molecular formula is C14H27N3O3. The van der Waals surface area contributed by atoms with Crippen LogP contribution in [0.15, 0.2) is 0 Å². The van der Waals surface area contributed by atoms with Crippen LogP contribution in [-0.4, -0.2) is 54.2 Å². The van der Waals surface area contributed by atoms with Gasteiger partial charge in [-0.15, -0.1) is 0 Å². The largest absolute Gasteiger partial charge is 0.480 e. The molecule has 1 unspecified atom stereocenters. The third kappa shape index (κ3) is 4.10. The number of hydrogen-bond acceptors (Lipinski definition) is 3. The van der Waals surface area contributed by atoms with E-state index in [1.54, 1.807) is 13.8 Å². The lowest BCUT2D eigenvalue weighted by Crippen LogP contribution is -2.55. The van der Waals surface area contributed by atoms with Crippen LogP contribution in [0.5, 0.6) is 0 Å². The second-order valence-corrected chi connectivity index (χ2v) is 6.21. The van der Waals surface area contributed by atoms with Crippen LogP contribution in [0.25, 0.3) is 0 Å². The van der Waals surface area contributed by atoms with Gasteiger partial charge in [0.2, 0.25) is 0 Å². The third-order valence-corrected chi connectivity index (χ3v) is 4.28. The van der Waals surface area contributed by atoms with E-state index < -0.39 is 18.0 Å². The Hall–Kier alpha value is -1.30. The van der Waals surface area contributed by atoms with Crippen LogP contribution in [0.2, 0.25) is 0 Å². The van der Waals surface area contributed by atoms with E-state index >= 15 is 0 Å². The molecule has 6 nitrogen and oxygen atoms in total. The van der Waals surface area contributed by atoms with E-state index in [0.29, 0.717) is 6.54 Å². The molecule has 1 rings (SSSR count). The van der Waals surface area contributed by atoms with E-state index in [2.05, 4.69) is 15.5 Å². The van der Waals surface area contributed by atoms with Gasteiger partial charge in [0.05, 0.1) is 0 Å². The number of urea groups is 1. The van der Waals surface area contributed by atoms with Crippen LogP contribution in [0.1, 0.15) is 39.5 Å². The van der Waals surface area contributed by atoms with Crippen LogP contribution in [0.3, 0.4) is 0 Å². The summed E-state index contributed by atoms with van der Waals surface area (Å²) in [5, 5.41) is 14.4. The first-order valence-corrected chi connectivity index (χ1v) is 7.23. The lowest BCUT2D eigenvalue weighted by molar-refractivity contribution is -0.140. The smallest absolute Gasteiger partial charge is 0.326 e. The van der Waals surface area contributed by atoms with Crippen LogP contribution in [-0.2, 0) is 4.79 Å². The summed E-state index contributed by atoms with van der Waals surface area (Å²) < 4.78 is 0. The molecule has 1 atom stereocenters. The molecule has 0 bridgehead atoms. The Kier molecular flexibility index (Phi) is 5.80. The molecule has 1 aliphatic rings. The molecule has 6 heteroatoms. The Labute approximate surface area is 120 Å². The molecule has 0 aromatic carbocycles. The lowest BCUT2D eigenvalue weighted by atomic mass is 9.96. The standard InChI is InChI=1S/C14H27N3O3/c1-10(2)11(12(18)19)16-13(20)15-9-14(17(3)4)7-5-6-8-14/h10-11H,5-9H2,1-4H3,(H,18,19)(H2,15,16,20). The fourth-order valence-electron chi connectivity index (χ4n) is 2.77. The first-order valence-electron chi connectivity index (χ1n) is 7.23. The van der Waals surface area contributed by atoms with Crippen LogP contribution >= 0.6 is 0 Å². The molecule has 1 fully saturated rings. The average Bonchev–Trinajstić information content (AvgIpc) is 2.82. The first-order chi connectivity index (χ1) is 9.28. The fourth-order valence-corrected chi connectivity index (χ4v) is 2.77. The van der Waals surface area contributed by atoms with Crippen molar-refractivity contribution in [1.29, 1.82) is 0 Å². The number of nitrogens with zero attached hydrogens (tertiary/aromatic N) is 1. The van der Waals surface area contributed by atoms with Crippen LogP contribution in [0, 0.1) is 5.92 Å². The molecule has 0 spiro atoms. The average molecular weight is 285 g/mol. The number of aliphatic carboxylic acids is 1. The number of likely N-dealkylation sites (N-methyl/N-ethyl adjacent to an activating group) is 1. The zero-order chi connectivity index (χ0) is 15.3. The minimum Gasteiger partial charge on any atom is -0.480 e. The van der Waals surface area contributed by atoms with Gasteiger partial charge in [0.15, 0.2) is 0 Å². The molecule has 0 aromatic heterocycles. The molecule has 3 N–H and O–H groups in total. The first kappa shape index (κ1) is 16.8. The summed E-state index contributed by atoms with van der Waals surface area (Å²) in [6.45, 7) is 4.10. The van der Waals surface area contributed by atoms with Gasteiger partial charge >= 0.3 is 12.0 Å². The summed E-state index contributed by atoms with van der Waals surface area (Å²) in [4.78, 5) is 25.1. The summed E-state index contributed by atoms with van der Waals surface area (Å²) in [5.41, 5.74) is 0.00783. The van der Waals surface area contributed by atoms with Gasteiger partial charge in [-0.05, 0) is 32.9 Å². The summed E-state index contributed by atoms with van der Waals surface area (Å²) in [6, 6.07) is -1.26. The Bertz CT molecular complexity index is 350. The zero-order valence-electron chi connectivity index (χ0n) is 12.9. The van der Waals surface area contributed by atoms with Gasteiger partial charge < -0.3 is 20.6 Å². The van der Waals surface area contributed by atoms with E-state index in [9.17, 15) is 9.59 Å². The molecule has 0 aromatic rings. The normalized spacial score (nSPS) is 19.1. The van der Waals surface area contributed by atoms with Crippen molar-refractivity contribution in [3.8, 4) is 0 Å². The van der Waals surface area contributed by atoms with Crippen molar-refractivity contribution in [3.63, 3.8) is 0 Å². The van der Waals surface area contributed by atoms with E-state index in [0.717, 1.165) is 12.8 Å². The number of hydrogen-bond donors (Lipinski definition) is 3. The monoisotopic (exact) mass is 285 g/mol. The van der Waals surface area contributed by atoms with Crippen molar-refractivity contribution in [1.82, 2.24) is 15.5 Å². The van der Waals surface area contributed by atoms with Crippen molar-refractivity contribution in [2.75, 3.05) is 20.6 Å². The summed E-state index contributed by atoms with van der Waals surface area (Å²) in [7, 11) is 4.05. The summed E-state index contributed by atoms with van der Waals surface area (Å²) >= 11 is 0. The zero-order valence-corrected chi connectivity index (χ0v) is 12.9. The molecule has 116 valence electrons. The predicted octanol–water partition coefficient (Wildman–Crippen LogP) is 1.27. The van der Waals surface area contributed by atoms with Gasteiger partial charge in [-0.2, -0.15) is 0 Å². The molecule has 0 heterocycles. The molecule has 0 aliphatic heterocycles. The maximum Gasteiger partial charge on any atom is 0.326 e.